The summed E-state index contributed by atoms with van der Waals surface area (Å²) in [7, 11) is 0. The maximum absolute atomic E-state index is 12.1. The molecule has 0 spiro atoms. The molecule has 1 amide bonds. The SMILES string of the molecule is C#CC(CCC)NC(=O)c1cc(Br)cc(N)c1C. The summed E-state index contributed by atoms with van der Waals surface area (Å²) in [6.07, 6.45) is 7.08. The van der Waals surface area contributed by atoms with Gasteiger partial charge in [-0.2, -0.15) is 0 Å². The molecular weight excluding hydrogens is 292 g/mol. The number of hydrogen-bond acceptors (Lipinski definition) is 2. The molecule has 1 atom stereocenters. The number of nitrogens with two attached hydrogens (primary N) is 1. The van der Waals surface area contributed by atoms with E-state index in [9.17, 15) is 4.79 Å². The standard InChI is InChI=1S/C14H17BrN2O/c1-4-6-11(5-2)17-14(18)12-7-10(15)8-13(16)9(12)3/h2,7-8,11H,4,6,16H2,1,3H3,(H,17,18). The summed E-state index contributed by atoms with van der Waals surface area (Å²) >= 11 is 3.33. The van der Waals surface area contributed by atoms with E-state index in [1.807, 2.05) is 13.8 Å². The maximum atomic E-state index is 12.1. The summed E-state index contributed by atoms with van der Waals surface area (Å²) < 4.78 is 0.781. The predicted molar refractivity (Wildman–Crippen MR) is 78.3 cm³/mol. The van der Waals surface area contributed by atoms with E-state index in [-0.39, 0.29) is 11.9 Å². The molecule has 4 heteroatoms. The number of halogens is 1. The van der Waals surface area contributed by atoms with Crippen molar-refractivity contribution in [3.05, 3.63) is 27.7 Å². The van der Waals surface area contributed by atoms with Crippen LogP contribution in [0.25, 0.3) is 0 Å². The molecule has 0 heterocycles. The van der Waals surface area contributed by atoms with E-state index in [2.05, 4.69) is 27.2 Å². The molecule has 0 saturated carbocycles. The van der Waals surface area contributed by atoms with Gasteiger partial charge in [0.25, 0.3) is 5.91 Å². The summed E-state index contributed by atoms with van der Waals surface area (Å²) in [5, 5.41) is 2.83. The number of terminal acetylenes is 1. The Labute approximate surface area is 116 Å². The topological polar surface area (TPSA) is 55.1 Å². The van der Waals surface area contributed by atoms with E-state index >= 15 is 0 Å². The number of nitrogen functional groups attached to an aromatic ring is 1. The van der Waals surface area contributed by atoms with Crippen LogP contribution in [0, 0.1) is 19.3 Å². The van der Waals surface area contributed by atoms with Crippen molar-refractivity contribution in [2.24, 2.45) is 0 Å². The average molecular weight is 309 g/mol. The lowest BCUT2D eigenvalue weighted by atomic mass is 10.1. The van der Waals surface area contributed by atoms with Gasteiger partial charge in [0, 0.05) is 15.7 Å². The van der Waals surface area contributed by atoms with Crippen LogP contribution in [0.15, 0.2) is 16.6 Å². The van der Waals surface area contributed by atoms with Gasteiger partial charge in [0.15, 0.2) is 0 Å². The Balaban J connectivity index is 2.94. The molecule has 3 N–H and O–H groups in total. The first-order chi connectivity index (χ1) is 8.49. The van der Waals surface area contributed by atoms with E-state index in [0.717, 1.165) is 22.9 Å². The molecule has 1 aromatic rings. The summed E-state index contributed by atoms with van der Waals surface area (Å²) in [5.41, 5.74) is 7.74. The maximum Gasteiger partial charge on any atom is 0.252 e. The highest BCUT2D eigenvalue weighted by atomic mass is 79.9. The van der Waals surface area contributed by atoms with Crippen molar-refractivity contribution in [2.45, 2.75) is 32.7 Å². The molecule has 0 radical (unpaired) electrons. The normalized spacial score (nSPS) is 11.7. The van der Waals surface area contributed by atoms with Crippen LogP contribution >= 0.6 is 15.9 Å². The van der Waals surface area contributed by atoms with Gasteiger partial charge in [0.1, 0.15) is 0 Å². The zero-order valence-corrected chi connectivity index (χ0v) is 12.2. The summed E-state index contributed by atoms with van der Waals surface area (Å²) in [6.45, 7) is 3.85. The Morgan fingerprint density at radius 2 is 2.28 bits per heavy atom. The highest BCUT2D eigenvalue weighted by Gasteiger charge is 2.15. The quantitative estimate of drug-likeness (QED) is 0.664. The van der Waals surface area contributed by atoms with E-state index in [0.29, 0.717) is 11.3 Å². The zero-order chi connectivity index (χ0) is 13.7. The van der Waals surface area contributed by atoms with E-state index in [1.165, 1.54) is 0 Å². The molecule has 0 aliphatic heterocycles. The van der Waals surface area contributed by atoms with Gasteiger partial charge in [0.2, 0.25) is 0 Å². The van der Waals surface area contributed by atoms with Crippen LogP contribution in [0.3, 0.4) is 0 Å². The van der Waals surface area contributed by atoms with Crippen LogP contribution in [0.1, 0.15) is 35.7 Å². The van der Waals surface area contributed by atoms with Crippen molar-refractivity contribution >= 4 is 27.5 Å². The van der Waals surface area contributed by atoms with Crippen LogP contribution in [0.2, 0.25) is 0 Å². The summed E-state index contributed by atoms with van der Waals surface area (Å²) in [6, 6.07) is 3.29. The van der Waals surface area contributed by atoms with Crippen LogP contribution in [0.4, 0.5) is 5.69 Å². The van der Waals surface area contributed by atoms with Crippen molar-refractivity contribution in [1.82, 2.24) is 5.32 Å². The van der Waals surface area contributed by atoms with Gasteiger partial charge in [-0.25, -0.2) is 0 Å². The molecule has 0 aromatic heterocycles. The molecule has 1 unspecified atom stereocenters. The average Bonchev–Trinajstić information content (AvgIpc) is 2.32. The molecule has 0 saturated heterocycles. The highest BCUT2D eigenvalue weighted by molar-refractivity contribution is 9.10. The van der Waals surface area contributed by atoms with Gasteiger partial charge >= 0.3 is 0 Å². The molecule has 0 bridgehead atoms. The Morgan fingerprint density at radius 1 is 1.61 bits per heavy atom. The fourth-order valence-electron chi connectivity index (χ4n) is 1.66. The highest BCUT2D eigenvalue weighted by Crippen LogP contribution is 2.22. The van der Waals surface area contributed by atoms with Gasteiger partial charge in [-0.05, 0) is 31.0 Å². The lowest BCUT2D eigenvalue weighted by Crippen LogP contribution is -2.34. The smallest absolute Gasteiger partial charge is 0.252 e. The van der Waals surface area contributed by atoms with E-state index in [1.54, 1.807) is 12.1 Å². The Hall–Kier alpha value is -1.47. The number of carbonyl (C=O) groups excluding carboxylic acids is 1. The van der Waals surface area contributed by atoms with E-state index < -0.39 is 0 Å². The van der Waals surface area contributed by atoms with Crippen LogP contribution < -0.4 is 11.1 Å². The first-order valence-corrected chi connectivity index (χ1v) is 6.61. The van der Waals surface area contributed by atoms with Gasteiger partial charge in [0.05, 0.1) is 6.04 Å². The van der Waals surface area contributed by atoms with Crippen molar-refractivity contribution in [3.8, 4) is 12.3 Å². The first-order valence-electron chi connectivity index (χ1n) is 5.82. The Kier molecular flexibility index (Phi) is 5.24. The summed E-state index contributed by atoms with van der Waals surface area (Å²) in [4.78, 5) is 12.1. The third kappa shape index (κ3) is 3.51. The molecule has 96 valence electrons. The van der Waals surface area contributed by atoms with Gasteiger partial charge < -0.3 is 11.1 Å². The number of amides is 1. The van der Waals surface area contributed by atoms with Crippen molar-refractivity contribution in [1.29, 1.82) is 0 Å². The minimum Gasteiger partial charge on any atom is -0.398 e. The van der Waals surface area contributed by atoms with Gasteiger partial charge in [-0.15, -0.1) is 6.42 Å². The molecule has 3 nitrogen and oxygen atoms in total. The van der Waals surface area contributed by atoms with Crippen molar-refractivity contribution in [2.75, 3.05) is 5.73 Å². The second-order valence-electron chi connectivity index (χ2n) is 4.15. The number of carbonyl (C=O) groups is 1. The van der Waals surface area contributed by atoms with Crippen LogP contribution in [-0.4, -0.2) is 11.9 Å². The van der Waals surface area contributed by atoms with Crippen molar-refractivity contribution in [3.63, 3.8) is 0 Å². The number of anilines is 1. The lowest BCUT2D eigenvalue weighted by Gasteiger charge is -2.14. The summed E-state index contributed by atoms with van der Waals surface area (Å²) in [5.74, 6) is 2.39. The van der Waals surface area contributed by atoms with Gasteiger partial charge in [-0.1, -0.05) is 35.2 Å². The largest absolute Gasteiger partial charge is 0.398 e. The molecule has 1 aromatic carbocycles. The minimum atomic E-state index is -0.234. The molecule has 0 fully saturated rings. The second kappa shape index (κ2) is 6.46. The monoisotopic (exact) mass is 308 g/mol. The van der Waals surface area contributed by atoms with Crippen molar-refractivity contribution < 1.29 is 4.79 Å². The minimum absolute atomic E-state index is 0.183. The number of benzene rings is 1. The third-order valence-corrected chi connectivity index (χ3v) is 3.20. The van der Waals surface area contributed by atoms with Gasteiger partial charge in [-0.3, -0.25) is 4.79 Å². The number of nitrogens with one attached hydrogen (secondary N) is 1. The molecule has 1 rings (SSSR count). The predicted octanol–water partition coefficient (Wildman–Crippen LogP) is 2.87. The van der Waals surface area contributed by atoms with Crippen LogP contribution in [-0.2, 0) is 0 Å². The molecule has 0 aliphatic rings. The number of hydrogen-bond donors (Lipinski definition) is 2. The Morgan fingerprint density at radius 3 is 2.83 bits per heavy atom. The van der Waals surface area contributed by atoms with Crippen LogP contribution in [0.5, 0.6) is 0 Å². The third-order valence-electron chi connectivity index (χ3n) is 2.74. The fraction of sp³-hybridized carbons (Fsp3) is 0.357. The first kappa shape index (κ1) is 14.6. The van der Waals surface area contributed by atoms with E-state index in [4.69, 9.17) is 12.2 Å². The second-order valence-corrected chi connectivity index (χ2v) is 5.06. The molecule has 0 aliphatic carbocycles. The lowest BCUT2D eigenvalue weighted by molar-refractivity contribution is 0.0943. The number of rotatable bonds is 4. The Bertz CT molecular complexity index is 491. The zero-order valence-electron chi connectivity index (χ0n) is 10.6. The fourth-order valence-corrected chi connectivity index (χ4v) is 2.13. The molecule has 18 heavy (non-hydrogen) atoms. The molecular formula is C14H17BrN2O.